The molecule has 0 atom stereocenters. The van der Waals surface area contributed by atoms with Gasteiger partial charge < -0.3 is 5.32 Å². The summed E-state index contributed by atoms with van der Waals surface area (Å²) in [6, 6.07) is 6.06. The normalized spacial score (nSPS) is 10.9. The van der Waals surface area contributed by atoms with Gasteiger partial charge in [-0.1, -0.05) is 0 Å². The second kappa shape index (κ2) is 5.01. The van der Waals surface area contributed by atoms with Crippen molar-refractivity contribution in [2.45, 2.75) is 4.90 Å². The quantitative estimate of drug-likeness (QED) is 0.870. The van der Waals surface area contributed by atoms with Gasteiger partial charge in [0.05, 0.1) is 10.6 Å². The smallest absolute Gasteiger partial charge is 0.262 e. The van der Waals surface area contributed by atoms with E-state index in [1.807, 2.05) is 0 Å². The van der Waals surface area contributed by atoms with Crippen LogP contribution in [0.4, 0.5) is 11.5 Å². The number of anilines is 2. The predicted molar refractivity (Wildman–Crippen MR) is 68.8 cm³/mol. The molecule has 0 amide bonds. The Balaban J connectivity index is 2.31. The molecule has 0 spiro atoms. The number of aromatic nitrogens is 2. The first-order chi connectivity index (χ1) is 8.62. The summed E-state index contributed by atoms with van der Waals surface area (Å²) < 4.78 is 26.6. The molecule has 2 aromatic rings. The molecule has 2 N–H and O–H groups in total. The maximum absolute atomic E-state index is 12.1. The number of hydrogen-bond donors (Lipinski definition) is 2. The minimum absolute atomic E-state index is 0.152. The van der Waals surface area contributed by atoms with Gasteiger partial charge >= 0.3 is 0 Å². The van der Waals surface area contributed by atoms with Crippen molar-refractivity contribution in [2.75, 3.05) is 17.1 Å². The van der Waals surface area contributed by atoms with Crippen molar-refractivity contribution in [2.24, 2.45) is 0 Å². The molecule has 0 saturated heterocycles. The second-order valence-corrected chi connectivity index (χ2v) is 5.15. The van der Waals surface area contributed by atoms with Gasteiger partial charge in [0.1, 0.15) is 5.82 Å². The van der Waals surface area contributed by atoms with Gasteiger partial charge in [0.2, 0.25) is 0 Å². The zero-order chi connectivity index (χ0) is 13.0. The molecule has 0 aliphatic rings. The summed E-state index contributed by atoms with van der Waals surface area (Å²) >= 11 is 0. The van der Waals surface area contributed by atoms with Gasteiger partial charge in [0, 0.05) is 31.7 Å². The Kier molecular flexibility index (Phi) is 3.42. The fraction of sp³-hybridized carbons (Fsp3) is 0.0909. The van der Waals surface area contributed by atoms with Crippen molar-refractivity contribution in [3.05, 3.63) is 42.9 Å². The molecule has 0 aromatic carbocycles. The number of sulfonamides is 1. The van der Waals surface area contributed by atoms with Crippen LogP contribution in [0.2, 0.25) is 0 Å². The van der Waals surface area contributed by atoms with Crippen LogP contribution in [-0.4, -0.2) is 25.4 Å². The minimum Gasteiger partial charge on any atom is -0.373 e. The van der Waals surface area contributed by atoms with Crippen molar-refractivity contribution in [1.82, 2.24) is 9.97 Å². The Morgan fingerprint density at radius 3 is 2.50 bits per heavy atom. The van der Waals surface area contributed by atoms with Crippen LogP contribution in [0.1, 0.15) is 0 Å². The summed E-state index contributed by atoms with van der Waals surface area (Å²) in [4.78, 5) is 7.94. The lowest BCUT2D eigenvalue weighted by Crippen LogP contribution is -2.13. The highest BCUT2D eigenvalue weighted by atomic mass is 32.2. The van der Waals surface area contributed by atoms with E-state index in [0.717, 1.165) is 0 Å². The maximum atomic E-state index is 12.1. The summed E-state index contributed by atoms with van der Waals surface area (Å²) in [6.45, 7) is 0. The van der Waals surface area contributed by atoms with E-state index in [1.54, 1.807) is 19.2 Å². The molecule has 0 aliphatic carbocycles. The van der Waals surface area contributed by atoms with Gasteiger partial charge in [0.15, 0.2) is 0 Å². The zero-order valence-corrected chi connectivity index (χ0v) is 10.5. The standard InChI is InChI=1S/C11H12N4O2S/c1-12-11-8-10(4-7-14-11)18(16,17)15-9-2-5-13-6-3-9/h2-8H,1H3,(H,12,14)(H,13,15). The van der Waals surface area contributed by atoms with Crippen LogP contribution in [0.3, 0.4) is 0 Å². The molecule has 0 bridgehead atoms. The fourth-order valence-electron chi connectivity index (χ4n) is 1.35. The average Bonchev–Trinajstić information content (AvgIpc) is 2.39. The first-order valence-electron chi connectivity index (χ1n) is 5.18. The largest absolute Gasteiger partial charge is 0.373 e. The monoisotopic (exact) mass is 264 g/mol. The molecule has 94 valence electrons. The van der Waals surface area contributed by atoms with Crippen LogP contribution in [0.5, 0.6) is 0 Å². The van der Waals surface area contributed by atoms with Crippen LogP contribution in [0, 0.1) is 0 Å². The van der Waals surface area contributed by atoms with E-state index >= 15 is 0 Å². The third-order valence-electron chi connectivity index (χ3n) is 2.23. The summed E-state index contributed by atoms with van der Waals surface area (Å²) in [5.41, 5.74) is 0.466. The van der Waals surface area contributed by atoms with Gasteiger partial charge in [-0.2, -0.15) is 0 Å². The Morgan fingerprint density at radius 2 is 1.83 bits per heavy atom. The number of nitrogens with zero attached hydrogens (tertiary/aromatic N) is 2. The molecule has 0 aliphatic heterocycles. The number of hydrogen-bond acceptors (Lipinski definition) is 5. The van der Waals surface area contributed by atoms with E-state index in [9.17, 15) is 8.42 Å². The van der Waals surface area contributed by atoms with Crippen LogP contribution in [0.25, 0.3) is 0 Å². The molecule has 0 saturated carbocycles. The Morgan fingerprint density at radius 1 is 1.11 bits per heavy atom. The summed E-state index contributed by atoms with van der Waals surface area (Å²) in [7, 11) is -1.93. The summed E-state index contributed by atoms with van der Waals surface area (Å²) in [5, 5.41) is 2.79. The Hall–Kier alpha value is -2.15. The van der Waals surface area contributed by atoms with Crippen molar-refractivity contribution in [3.8, 4) is 0 Å². The van der Waals surface area contributed by atoms with Gasteiger partial charge in [-0.15, -0.1) is 0 Å². The molecule has 0 unspecified atom stereocenters. The van der Waals surface area contributed by atoms with Crippen molar-refractivity contribution < 1.29 is 8.42 Å². The highest BCUT2D eigenvalue weighted by molar-refractivity contribution is 7.92. The maximum Gasteiger partial charge on any atom is 0.262 e. The molecule has 2 heterocycles. The molecular weight excluding hydrogens is 252 g/mol. The lowest BCUT2D eigenvalue weighted by molar-refractivity contribution is 0.601. The first kappa shape index (κ1) is 12.3. The zero-order valence-electron chi connectivity index (χ0n) is 9.66. The lowest BCUT2D eigenvalue weighted by Gasteiger charge is -2.08. The van der Waals surface area contributed by atoms with Crippen LogP contribution in [0.15, 0.2) is 47.8 Å². The predicted octanol–water partition coefficient (Wildman–Crippen LogP) is 1.32. The molecular formula is C11H12N4O2S. The third-order valence-corrected chi connectivity index (χ3v) is 3.61. The molecule has 7 heteroatoms. The van der Waals surface area contributed by atoms with E-state index < -0.39 is 10.0 Å². The first-order valence-corrected chi connectivity index (χ1v) is 6.67. The van der Waals surface area contributed by atoms with E-state index in [2.05, 4.69) is 20.0 Å². The van der Waals surface area contributed by atoms with Crippen LogP contribution < -0.4 is 10.0 Å². The third kappa shape index (κ3) is 2.75. The molecule has 18 heavy (non-hydrogen) atoms. The molecule has 0 fully saturated rings. The van der Waals surface area contributed by atoms with Crippen molar-refractivity contribution in [3.63, 3.8) is 0 Å². The van der Waals surface area contributed by atoms with Gasteiger partial charge in [-0.3, -0.25) is 9.71 Å². The van der Waals surface area contributed by atoms with Gasteiger partial charge in [0.25, 0.3) is 10.0 Å². The highest BCUT2D eigenvalue weighted by Crippen LogP contribution is 2.16. The molecule has 0 radical (unpaired) electrons. The fourth-order valence-corrected chi connectivity index (χ4v) is 2.42. The van der Waals surface area contributed by atoms with E-state index in [1.165, 1.54) is 30.7 Å². The second-order valence-electron chi connectivity index (χ2n) is 3.47. The Bertz CT molecular complexity index is 629. The SMILES string of the molecule is CNc1cc(S(=O)(=O)Nc2ccncc2)ccn1. The van der Waals surface area contributed by atoms with Gasteiger partial charge in [-0.05, 0) is 18.2 Å². The van der Waals surface area contributed by atoms with Crippen LogP contribution >= 0.6 is 0 Å². The molecule has 2 aromatic heterocycles. The minimum atomic E-state index is -3.60. The summed E-state index contributed by atoms with van der Waals surface area (Å²) in [6.07, 6.45) is 4.47. The average molecular weight is 264 g/mol. The lowest BCUT2D eigenvalue weighted by atomic mass is 10.4. The van der Waals surface area contributed by atoms with Gasteiger partial charge in [-0.25, -0.2) is 13.4 Å². The van der Waals surface area contributed by atoms with E-state index in [-0.39, 0.29) is 4.90 Å². The van der Waals surface area contributed by atoms with Crippen molar-refractivity contribution in [1.29, 1.82) is 0 Å². The number of pyridine rings is 2. The molecule has 2 rings (SSSR count). The summed E-state index contributed by atoms with van der Waals surface area (Å²) in [5.74, 6) is 0.493. The van der Waals surface area contributed by atoms with Crippen molar-refractivity contribution >= 4 is 21.5 Å². The number of nitrogens with one attached hydrogen (secondary N) is 2. The molecule has 6 nitrogen and oxygen atoms in total. The number of rotatable bonds is 4. The Labute approximate surface area is 105 Å². The van der Waals surface area contributed by atoms with E-state index in [0.29, 0.717) is 11.5 Å². The van der Waals surface area contributed by atoms with Crippen LogP contribution in [-0.2, 0) is 10.0 Å². The topological polar surface area (TPSA) is 84.0 Å². The van der Waals surface area contributed by atoms with E-state index in [4.69, 9.17) is 0 Å². The highest BCUT2D eigenvalue weighted by Gasteiger charge is 2.14.